The minimum Gasteiger partial charge on any atom is -0.481 e. The van der Waals surface area contributed by atoms with Crippen LogP contribution in [0.4, 0.5) is 0 Å². The second-order valence-corrected chi connectivity index (χ2v) is 6.06. The zero-order valence-corrected chi connectivity index (χ0v) is 13.6. The van der Waals surface area contributed by atoms with Crippen LogP contribution in [0.3, 0.4) is 0 Å². The minimum absolute atomic E-state index is 0.0558. The molecule has 0 spiro atoms. The van der Waals surface area contributed by atoms with E-state index in [2.05, 4.69) is 10.1 Å². The van der Waals surface area contributed by atoms with Gasteiger partial charge in [0.25, 0.3) is 5.91 Å². The molecule has 2 heterocycles. The second kappa shape index (κ2) is 6.69. The SMILES string of the molecule is Cc1nc(-c2cnn(C)c2)sc1C(=O)N(C)CCCC(=O)O. The Labute approximate surface area is 132 Å². The fourth-order valence-electron chi connectivity index (χ4n) is 1.99. The molecule has 0 aliphatic heterocycles. The minimum atomic E-state index is -0.853. The summed E-state index contributed by atoms with van der Waals surface area (Å²) in [5, 5.41) is 13.5. The van der Waals surface area contributed by atoms with E-state index in [9.17, 15) is 9.59 Å². The Kier molecular flexibility index (Phi) is 4.92. The Balaban J connectivity index is 2.10. The maximum Gasteiger partial charge on any atom is 0.303 e. The standard InChI is InChI=1S/C14H18N4O3S/c1-9-12(14(21)17(2)6-4-5-11(19)20)22-13(16-9)10-7-15-18(3)8-10/h7-8H,4-6H2,1-3H3,(H,19,20). The number of aliphatic carboxylic acids is 1. The number of aryl methyl sites for hydroxylation is 2. The smallest absolute Gasteiger partial charge is 0.303 e. The van der Waals surface area contributed by atoms with Gasteiger partial charge in [-0.2, -0.15) is 5.10 Å². The molecule has 0 saturated heterocycles. The highest BCUT2D eigenvalue weighted by atomic mass is 32.1. The second-order valence-electron chi connectivity index (χ2n) is 5.06. The monoisotopic (exact) mass is 322 g/mol. The van der Waals surface area contributed by atoms with Gasteiger partial charge < -0.3 is 10.0 Å². The summed E-state index contributed by atoms with van der Waals surface area (Å²) in [5.74, 6) is -0.982. The van der Waals surface area contributed by atoms with E-state index in [0.717, 1.165) is 10.6 Å². The molecule has 0 aliphatic rings. The van der Waals surface area contributed by atoms with Crippen LogP contribution in [0.15, 0.2) is 12.4 Å². The van der Waals surface area contributed by atoms with E-state index >= 15 is 0 Å². The third-order valence-corrected chi connectivity index (χ3v) is 4.37. The zero-order valence-electron chi connectivity index (χ0n) is 12.7. The van der Waals surface area contributed by atoms with Crippen molar-refractivity contribution in [1.29, 1.82) is 0 Å². The molecule has 0 aromatic carbocycles. The van der Waals surface area contributed by atoms with Gasteiger partial charge in [0.1, 0.15) is 9.88 Å². The van der Waals surface area contributed by atoms with Crippen molar-refractivity contribution in [3.63, 3.8) is 0 Å². The summed E-state index contributed by atoms with van der Waals surface area (Å²) in [5.41, 5.74) is 1.56. The van der Waals surface area contributed by atoms with Crippen LogP contribution in [0, 0.1) is 6.92 Å². The van der Waals surface area contributed by atoms with Gasteiger partial charge in [0, 0.05) is 38.8 Å². The lowest BCUT2D eigenvalue weighted by Crippen LogP contribution is -2.27. The third-order valence-electron chi connectivity index (χ3n) is 3.17. The van der Waals surface area contributed by atoms with Crippen molar-refractivity contribution in [2.45, 2.75) is 19.8 Å². The third kappa shape index (κ3) is 3.70. The molecule has 0 saturated carbocycles. The van der Waals surface area contributed by atoms with E-state index in [1.165, 1.54) is 16.2 Å². The molecule has 0 radical (unpaired) electrons. The first-order valence-corrected chi connectivity index (χ1v) is 7.64. The number of hydrogen-bond acceptors (Lipinski definition) is 5. The highest BCUT2D eigenvalue weighted by Crippen LogP contribution is 2.28. The lowest BCUT2D eigenvalue weighted by atomic mass is 10.3. The van der Waals surface area contributed by atoms with Crippen molar-refractivity contribution in [2.24, 2.45) is 7.05 Å². The molecular weight excluding hydrogens is 304 g/mol. The highest BCUT2D eigenvalue weighted by molar-refractivity contribution is 7.17. The number of rotatable bonds is 6. The summed E-state index contributed by atoms with van der Waals surface area (Å²) < 4.78 is 1.69. The fourth-order valence-corrected chi connectivity index (χ4v) is 3.03. The maximum absolute atomic E-state index is 12.4. The number of hydrogen-bond donors (Lipinski definition) is 1. The summed E-state index contributed by atoms with van der Waals surface area (Å²) in [6, 6.07) is 0. The summed E-state index contributed by atoms with van der Waals surface area (Å²) in [4.78, 5) is 29.5. The van der Waals surface area contributed by atoms with Gasteiger partial charge in [-0.25, -0.2) is 4.98 Å². The van der Waals surface area contributed by atoms with E-state index in [0.29, 0.717) is 23.5 Å². The molecule has 0 atom stereocenters. The zero-order chi connectivity index (χ0) is 16.3. The van der Waals surface area contributed by atoms with E-state index in [4.69, 9.17) is 5.11 Å². The van der Waals surface area contributed by atoms with Gasteiger partial charge in [-0.05, 0) is 13.3 Å². The van der Waals surface area contributed by atoms with E-state index in [-0.39, 0.29) is 12.3 Å². The molecule has 0 unspecified atom stereocenters. The predicted molar refractivity (Wildman–Crippen MR) is 82.9 cm³/mol. The molecule has 0 aliphatic carbocycles. The van der Waals surface area contributed by atoms with Gasteiger partial charge in [-0.15, -0.1) is 11.3 Å². The largest absolute Gasteiger partial charge is 0.481 e. The summed E-state index contributed by atoms with van der Waals surface area (Å²) in [6.45, 7) is 2.21. The summed E-state index contributed by atoms with van der Waals surface area (Å²) in [6.07, 6.45) is 4.05. The van der Waals surface area contributed by atoms with Gasteiger partial charge in [0.2, 0.25) is 0 Å². The number of carbonyl (C=O) groups is 2. The fraction of sp³-hybridized carbons (Fsp3) is 0.429. The molecule has 2 rings (SSSR count). The van der Waals surface area contributed by atoms with Crippen molar-refractivity contribution < 1.29 is 14.7 Å². The van der Waals surface area contributed by atoms with Gasteiger partial charge in [0.15, 0.2) is 0 Å². The summed E-state index contributed by atoms with van der Waals surface area (Å²) >= 11 is 1.33. The first kappa shape index (κ1) is 16.2. The van der Waals surface area contributed by atoms with Crippen molar-refractivity contribution >= 4 is 23.2 Å². The van der Waals surface area contributed by atoms with E-state index in [1.807, 2.05) is 13.2 Å². The first-order chi connectivity index (χ1) is 10.4. The first-order valence-electron chi connectivity index (χ1n) is 6.82. The normalized spacial score (nSPS) is 10.7. The van der Waals surface area contributed by atoms with Gasteiger partial charge in [0.05, 0.1) is 11.9 Å². The summed E-state index contributed by atoms with van der Waals surface area (Å²) in [7, 11) is 3.50. The van der Waals surface area contributed by atoms with Gasteiger partial charge in [-0.1, -0.05) is 0 Å². The Hall–Kier alpha value is -2.22. The molecule has 1 N–H and O–H groups in total. The number of carbonyl (C=O) groups excluding carboxylic acids is 1. The Morgan fingerprint density at radius 1 is 1.45 bits per heavy atom. The molecule has 0 fully saturated rings. The van der Waals surface area contributed by atoms with Crippen LogP contribution in [0.5, 0.6) is 0 Å². The van der Waals surface area contributed by atoms with Gasteiger partial charge in [-0.3, -0.25) is 14.3 Å². The van der Waals surface area contributed by atoms with Crippen molar-refractivity contribution in [2.75, 3.05) is 13.6 Å². The van der Waals surface area contributed by atoms with Crippen LogP contribution >= 0.6 is 11.3 Å². The molecule has 1 amide bonds. The van der Waals surface area contributed by atoms with Crippen LogP contribution in [0.1, 0.15) is 28.2 Å². The molecule has 0 bridgehead atoms. The number of amides is 1. The molecule has 22 heavy (non-hydrogen) atoms. The number of thiazole rings is 1. The maximum atomic E-state index is 12.4. The van der Waals surface area contributed by atoms with Crippen LogP contribution in [-0.2, 0) is 11.8 Å². The van der Waals surface area contributed by atoms with Crippen molar-refractivity contribution in [1.82, 2.24) is 19.7 Å². The number of aromatic nitrogens is 3. The predicted octanol–water partition coefficient (Wildman–Crippen LogP) is 1.79. The Morgan fingerprint density at radius 3 is 2.77 bits per heavy atom. The van der Waals surface area contributed by atoms with Crippen LogP contribution in [0.2, 0.25) is 0 Å². The average molecular weight is 322 g/mol. The van der Waals surface area contributed by atoms with Crippen molar-refractivity contribution in [3.05, 3.63) is 23.0 Å². The lowest BCUT2D eigenvalue weighted by Gasteiger charge is -2.15. The average Bonchev–Trinajstić information content (AvgIpc) is 3.03. The molecule has 7 nitrogen and oxygen atoms in total. The van der Waals surface area contributed by atoms with E-state index in [1.54, 1.807) is 24.9 Å². The molecule has 2 aromatic heterocycles. The molecular formula is C14H18N4O3S. The number of carboxylic acid groups (broad SMARTS) is 1. The number of nitrogens with zero attached hydrogens (tertiary/aromatic N) is 4. The lowest BCUT2D eigenvalue weighted by molar-refractivity contribution is -0.137. The van der Waals surface area contributed by atoms with Crippen LogP contribution in [-0.4, -0.2) is 50.2 Å². The highest BCUT2D eigenvalue weighted by Gasteiger charge is 2.20. The van der Waals surface area contributed by atoms with Crippen LogP contribution < -0.4 is 0 Å². The molecule has 118 valence electrons. The van der Waals surface area contributed by atoms with Crippen LogP contribution in [0.25, 0.3) is 10.6 Å². The van der Waals surface area contributed by atoms with E-state index < -0.39 is 5.97 Å². The Morgan fingerprint density at radius 2 is 2.18 bits per heavy atom. The molecule has 8 heteroatoms. The van der Waals surface area contributed by atoms with Gasteiger partial charge >= 0.3 is 5.97 Å². The quantitative estimate of drug-likeness (QED) is 0.876. The van der Waals surface area contributed by atoms with Crippen molar-refractivity contribution in [3.8, 4) is 10.6 Å². The Bertz CT molecular complexity index is 692. The molecule has 2 aromatic rings. The topological polar surface area (TPSA) is 88.3 Å². The number of carboxylic acids is 1.